The summed E-state index contributed by atoms with van der Waals surface area (Å²) in [4.78, 5) is -0.0887. The molecule has 20 heavy (non-hydrogen) atoms. The lowest BCUT2D eigenvalue weighted by Crippen LogP contribution is -2.31. The van der Waals surface area contributed by atoms with Gasteiger partial charge in [0.05, 0.1) is 10.7 Å². The molecule has 0 bridgehead atoms. The molecule has 0 spiro atoms. The summed E-state index contributed by atoms with van der Waals surface area (Å²) in [6.45, 7) is 2.57. The van der Waals surface area contributed by atoms with E-state index in [2.05, 4.69) is 11.6 Å². The Balaban J connectivity index is 2.18. The van der Waals surface area contributed by atoms with E-state index in [1.165, 1.54) is 12.1 Å². The van der Waals surface area contributed by atoms with Crippen molar-refractivity contribution in [2.24, 2.45) is 11.8 Å². The molecular weight excluding hydrogens is 319 g/mol. The number of halogens is 2. The van der Waals surface area contributed by atoms with Crippen LogP contribution in [0, 0.1) is 11.8 Å². The zero-order valence-electron chi connectivity index (χ0n) is 11.2. The molecule has 7 heteroatoms. The van der Waals surface area contributed by atoms with E-state index in [1.807, 2.05) is 0 Å². The lowest BCUT2D eigenvalue weighted by molar-refractivity contribution is 0.414. The summed E-state index contributed by atoms with van der Waals surface area (Å²) in [7, 11) is -3.71. The van der Waals surface area contributed by atoms with E-state index >= 15 is 0 Å². The summed E-state index contributed by atoms with van der Waals surface area (Å²) in [5.74, 6) is 0.910. The van der Waals surface area contributed by atoms with Gasteiger partial charge in [-0.2, -0.15) is 0 Å². The van der Waals surface area contributed by atoms with Crippen molar-refractivity contribution in [3.63, 3.8) is 0 Å². The Hall–Kier alpha value is -0.490. The van der Waals surface area contributed by atoms with Crippen LogP contribution in [0.1, 0.15) is 26.2 Å². The Labute approximate surface area is 129 Å². The normalized spacial score (nSPS) is 23.1. The van der Waals surface area contributed by atoms with E-state index in [9.17, 15) is 8.42 Å². The summed E-state index contributed by atoms with van der Waals surface area (Å²) in [6.07, 6.45) is 3.35. The molecule has 0 aliphatic heterocycles. The lowest BCUT2D eigenvalue weighted by Gasteiger charge is -2.17. The van der Waals surface area contributed by atoms with Gasteiger partial charge in [-0.1, -0.05) is 43.0 Å². The summed E-state index contributed by atoms with van der Waals surface area (Å²) >= 11 is 11.8. The van der Waals surface area contributed by atoms with Crippen LogP contribution in [0.25, 0.3) is 0 Å². The summed E-state index contributed by atoms with van der Waals surface area (Å²) in [5, 5.41) is 0.359. The minimum absolute atomic E-state index is 0.0435. The Kier molecular flexibility index (Phi) is 4.84. The van der Waals surface area contributed by atoms with Gasteiger partial charge in [0.2, 0.25) is 10.0 Å². The second-order valence-corrected chi connectivity index (χ2v) is 7.87. The number of hydrogen-bond acceptors (Lipinski definition) is 3. The molecule has 1 aliphatic carbocycles. The summed E-state index contributed by atoms with van der Waals surface area (Å²) < 4.78 is 27.3. The molecule has 2 unspecified atom stereocenters. The average molecular weight is 337 g/mol. The summed E-state index contributed by atoms with van der Waals surface area (Å²) in [6, 6.07) is 2.77. The van der Waals surface area contributed by atoms with Crippen LogP contribution in [0.2, 0.25) is 10.0 Å². The average Bonchev–Trinajstić information content (AvgIpc) is 2.70. The molecule has 0 aromatic heterocycles. The molecule has 2 atom stereocenters. The van der Waals surface area contributed by atoms with Gasteiger partial charge in [0, 0.05) is 11.6 Å². The Morgan fingerprint density at radius 2 is 2.05 bits per heavy atom. The number of hydrogen-bond donors (Lipinski definition) is 2. The molecule has 1 saturated carbocycles. The number of nitrogens with one attached hydrogen (secondary N) is 1. The molecule has 112 valence electrons. The predicted octanol–water partition coefficient (Wildman–Crippen LogP) is 3.29. The maximum atomic E-state index is 12.3. The zero-order valence-corrected chi connectivity index (χ0v) is 13.5. The maximum Gasteiger partial charge on any atom is 0.244 e. The topological polar surface area (TPSA) is 72.2 Å². The fraction of sp³-hybridized carbons (Fsp3) is 0.538. The first-order valence-corrected chi connectivity index (χ1v) is 8.79. The molecule has 1 aliphatic rings. The monoisotopic (exact) mass is 336 g/mol. The zero-order chi connectivity index (χ0) is 14.9. The number of benzene rings is 1. The van der Waals surface area contributed by atoms with Gasteiger partial charge in [-0.05, 0) is 30.4 Å². The van der Waals surface area contributed by atoms with Gasteiger partial charge in [0.25, 0.3) is 0 Å². The van der Waals surface area contributed by atoms with Gasteiger partial charge >= 0.3 is 0 Å². The highest BCUT2D eigenvalue weighted by Gasteiger charge is 2.27. The summed E-state index contributed by atoms with van der Waals surface area (Å²) in [5.41, 5.74) is 5.80. The Morgan fingerprint density at radius 3 is 2.60 bits per heavy atom. The highest BCUT2D eigenvalue weighted by atomic mass is 35.5. The van der Waals surface area contributed by atoms with Crippen LogP contribution >= 0.6 is 23.2 Å². The van der Waals surface area contributed by atoms with E-state index in [1.54, 1.807) is 0 Å². The van der Waals surface area contributed by atoms with Gasteiger partial charge in [0.15, 0.2) is 0 Å². The lowest BCUT2D eigenvalue weighted by atomic mass is 9.99. The van der Waals surface area contributed by atoms with E-state index < -0.39 is 10.0 Å². The van der Waals surface area contributed by atoms with Crippen molar-refractivity contribution < 1.29 is 8.42 Å². The van der Waals surface area contributed by atoms with Crippen molar-refractivity contribution in [3.05, 3.63) is 22.2 Å². The van der Waals surface area contributed by atoms with E-state index in [0.29, 0.717) is 23.4 Å². The van der Waals surface area contributed by atoms with Crippen molar-refractivity contribution in [2.45, 2.75) is 31.1 Å². The number of sulfonamides is 1. The van der Waals surface area contributed by atoms with Gasteiger partial charge < -0.3 is 5.73 Å². The fourth-order valence-electron chi connectivity index (χ4n) is 2.68. The van der Waals surface area contributed by atoms with Gasteiger partial charge in [-0.3, -0.25) is 0 Å². The van der Waals surface area contributed by atoms with E-state index in [-0.39, 0.29) is 15.6 Å². The molecule has 1 aromatic rings. The quantitative estimate of drug-likeness (QED) is 0.828. The second-order valence-electron chi connectivity index (χ2n) is 5.33. The van der Waals surface area contributed by atoms with Crippen LogP contribution in [0.5, 0.6) is 0 Å². The molecule has 0 saturated heterocycles. The highest BCUT2D eigenvalue weighted by molar-refractivity contribution is 7.89. The standard InChI is InChI=1S/C13H18Cl2N2O2S/c1-8-3-2-4-9(8)7-17-20(18,19)13-11(15)5-10(14)6-12(13)16/h5-6,8-9,17H,2-4,7,16H2,1H3. The molecule has 1 fully saturated rings. The van der Waals surface area contributed by atoms with E-state index in [0.717, 1.165) is 19.3 Å². The third-order valence-electron chi connectivity index (χ3n) is 3.88. The van der Waals surface area contributed by atoms with Gasteiger partial charge in [-0.15, -0.1) is 0 Å². The predicted molar refractivity (Wildman–Crippen MR) is 82.6 cm³/mol. The number of rotatable bonds is 4. The minimum Gasteiger partial charge on any atom is -0.398 e. The molecule has 0 radical (unpaired) electrons. The Bertz CT molecular complexity index is 581. The van der Waals surface area contributed by atoms with Crippen molar-refractivity contribution >= 4 is 38.9 Å². The highest BCUT2D eigenvalue weighted by Crippen LogP contribution is 2.33. The number of nitrogens with two attached hydrogens (primary N) is 1. The van der Waals surface area contributed by atoms with E-state index in [4.69, 9.17) is 28.9 Å². The van der Waals surface area contributed by atoms with Gasteiger partial charge in [0.1, 0.15) is 4.90 Å². The number of anilines is 1. The second kappa shape index (κ2) is 6.10. The van der Waals surface area contributed by atoms with Crippen molar-refractivity contribution in [2.75, 3.05) is 12.3 Å². The molecule has 0 heterocycles. The SMILES string of the molecule is CC1CCCC1CNS(=O)(=O)c1c(N)cc(Cl)cc1Cl. The molecule has 1 aromatic carbocycles. The maximum absolute atomic E-state index is 12.3. The molecule has 3 N–H and O–H groups in total. The van der Waals surface area contributed by atoms with Crippen LogP contribution in [-0.4, -0.2) is 15.0 Å². The van der Waals surface area contributed by atoms with Crippen molar-refractivity contribution in [1.29, 1.82) is 0 Å². The third-order valence-corrected chi connectivity index (χ3v) is 6.05. The number of nitrogen functional groups attached to an aromatic ring is 1. The van der Waals surface area contributed by atoms with Crippen LogP contribution in [0.15, 0.2) is 17.0 Å². The minimum atomic E-state index is -3.71. The van der Waals surface area contributed by atoms with Crippen LogP contribution in [0.4, 0.5) is 5.69 Å². The van der Waals surface area contributed by atoms with Crippen LogP contribution < -0.4 is 10.5 Å². The van der Waals surface area contributed by atoms with Crippen molar-refractivity contribution in [3.8, 4) is 0 Å². The molecule has 2 rings (SSSR count). The first kappa shape index (κ1) is 15.9. The molecular formula is C13H18Cl2N2O2S. The van der Waals surface area contributed by atoms with Crippen LogP contribution in [0.3, 0.4) is 0 Å². The van der Waals surface area contributed by atoms with Gasteiger partial charge in [-0.25, -0.2) is 13.1 Å². The first-order valence-electron chi connectivity index (χ1n) is 6.55. The van der Waals surface area contributed by atoms with Crippen LogP contribution in [-0.2, 0) is 10.0 Å². The Morgan fingerprint density at radius 1 is 1.35 bits per heavy atom. The fourth-order valence-corrected chi connectivity index (χ4v) is 4.75. The largest absolute Gasteiger partial charge is 0.398 e. The smallest absolute Gasteiger partial charge is 0.244 e. The first-order chi connectivity index (χ1) is 9.31. The third kappa shape index (κ3) is 3.39. The molecule has 4 nitrogen and oxygen atoms in total. The molecule has 0 amide bonds. The van der Waals surface area contributed by atoms with Crippen molar-refractivity contribution in [1.82, 2.24) is 4.72 Å².